The minimum absolute atomic E-state index is 0.799. The van der Waals surface area contributed by atoms with Crippen LogP contribution in [0, 0.1) is 5.92 Å². The molecule has 1 aliphatic rings. The molecule has 39 heavy (non-hydrogen) atoms. The molecule has 0 spiro atoms. The Morgan fingerprint density at radius 3 is 1.41 bits per heavy atom. The highest BCUT2D eigenvalue weighted by atomic mass is 16.5. The van der Waals surface area contributed by atoms with Crippen molar-refractivity contribution in [3.05, 3.63) is 95.4 Å². The van der Waals surface area contributed by atoms with Crippen LogP contribution >= 0.6 is 0 Å². The first-order valence-corrected chi connectivity index (χ1v) is 15.8. The molecule has 0 saturated heterocycles. The zero-order valence-electron chi connectivity index (χ0n) is 24.3. The summed E-state index contributed by atoms with van der Waals surface area (Å²) in [4.78, 5) is 0. The summed E-state index contributed by atoms with van der Waals surface area (Å²) in [6.07, 6.45) is 22.3. The molecule has 4 rings (SSSR count). The summed E-state index contributed by atoms with van der Waals surface area (Å²) in [6, 6.07) is 25.1. The van der Waals surface area contributed by atoms with Crippen LogP contribution in [-0.2, 0) is 0 Å². The molecular weight excluding hydrogens is 476 g/mol. The van der Waals surface area contributed by atoms with Crippen LogP contribution in [0.3, 0.4) is 0 Å². The number of para-hydroxylation sites is 2. The average Bonchev–Trinajstić information content (AvgIpc) is 2.98. The van der Waals surface area contributed by atoms with Gasteiger partial charge in [-0.15, -0.1) is 0 Å². The van der Waals surface area contributed by atoms with Crippen LogP contribution in [-0.4, -0.2) is 6.61 Å². The van der Waals surface area contributed by atoms with Crippen molar-refractivity contribution >= 4 is 0 Å². The highest BCUT2D eigenvalue weighted by molar-refractivity contribution is 5.68. The summed E-state index contributed by atoms with van der Waals surface area (Å²) in [5.74, 6) is 4.00. The van der Waals surface area contributed by atoms with Gasteiger partial charge in [-0.1, -0.05) is 152 Å². The SMILES string of the molecule is CCCCCCCCCCCCCCCCCCOc1ccc([C]2c3ccccc3Oc3ccccc32)cc1. The van der Waals surface area contributed by atoms with E-state index in [2.05, 4.69) is 55.5 Å². The van der Waals surface area contributed by atoms with Crippen molar-refractivity contribution in [2.75, 3.05) is 6.61 Å². The first kappa shape index (κ1) is 29.2. The minimum Gasteiger partial charge on any atom is -0.494 e. The molecular formula is C37H49O2. The molecule has 0 N–H and O–H groups in total. The molecule has 0 unspecified atom stereocenters. The summed E-state index contributed by atoms with van der Waals surface area (Å²) in [5.41, 5.74) is 3.46. The third-order valence-electron chi connectivity index (χ3n) is 7.94. The summed E-state index contributed by atoms with van der Waals surface area (Å²) in [6.45, 7) is 3.09. The number of unbranched alkanes of at least 4 members (excludes halogenated alkanes) is 15. The highest BCUT2D eigenvalue weighted by Gasteiger charge is 2.28. The van der Waals surface area contributed by atoms with E-state index in [4.69, 9.17) is 9.47 Å². The Labute approximate surface area is 238 Å². The third kappa shape index (κ3) is 9.45. The molecule has 0 fully saturated rings. The fourth-order valence-corrected chi connectivity index (χ4v) is 5.66. The van der Waals surface area contributed by atoms with Crippen molar-refractivity contribution in [3.63, 3.8) is 0 Å². The molecule has 1 aliphatic heterocycles. The quantitative estimate of drug-likeness (QED) is 0.113. The van der Waals surface area contributed by atoms with E-state index in [0.717, 1.165) is 41.4 Å². The molecule has 2 nitrogen and oxygen atoms in total. The molecule has 0 atom stereocenters. The zero-order chi connectivity index (χ0) is 27.0. The van der Waals surface area contributed by atoms with Gasteiger partial charge < -0.3 is 9.47 Å². The van der Waals surface area contributed by atoms with Gasteiger partial charge in [0.15, 0.2) is 0 Å². The number of ether oxygens (including phenoxy) is 2. The minimum atomic E-state index is 0.799. The van der Waals surface area contributed by atoms with E-state index in [0.29, 0.717) is 0 Å². The van der Waals surface area contributed by atoms with Crippen LogP contribution in [0.4, 0.5) is 0 Å². The average molecular weight is 526 g/mol. The standard InChI is InChI=1S/C37H49O2/c1-2-3-4-5-6-7-8-9-10-11-12-13-14-15-16-21-30-38-32-28-26-31(27-29-32)37-33-22-17-19-24-35(33)39-36-25-20-18-23-34(36)37/h17-20,22-29H,2-16,21,30H2,1H3. The van der Waals surface area contributed by atoms with Crippen LogP contribution in [0.1, 0.15) is 126 Å². The summed E-state index contributed by atoms with van der Waals surface area (Å²) in [5, 5.41) is 0. The van der Waals surface area contributed by atoms with Crippen molar-refractivity contribution in [1.82, 2.24) is 0 Å². The molecule has 1 radical (unpaired) electrons. The maximum atomic E-state index is 6.15. The fraction of sp³-hybridized carbons (Fsp3) is 0.486. The molecule has 3 aromatic carbocycles. The lowest BCUT2D eigenvalue weighted by Crippen LogP contribution is -2.12. The molecule has 0 bridgehead atoms. The Morgan fingerprint density at radius 1 is 0.487 bits per heavy atom. The molecule has 1 heterocycles. The summed E-state index contributed by atoms with van der Waals surface area (Å²) < 4.78 is 12.2. The van der Waals surface area contributed by atoms with Gasteiger partial charge in [0, 0.05) is 11.1 Å². The van der Waals surface area contributed by atoms with Gasteiger partial charge in [-0.05, 0) is 36.2 Å². The van der Waals surface area contributed by atoms with Gasteiger partial charge in [-0.25, -0.2) is 0 Å². The van der Waals surface area contributed by atoms with E-state index in [-0.39, 0.29) is 0 Å². The predicted molar refractivity (Wildman–Crippen MR) is 165 cm³/mol. The van der Waals surface area contributed by atoms with Crippen molar-refractivity contribution < 1.29 is 9.47 Å². The maximum absolute atomic E-state index is 6.15. The van der Waals surface area contributed by atoms with E-state index in [1.165, 1.54) is 108 Å². The van der Waals surface area contributed by atoms with E-state index in [9.17, 15) is 0 Å². The van der Waals surface area contributed by atoms with Gasteiger partial charge >= 0.3 is 0 Å². The molecule has 0 amide bonds. The van der Waals surface area contributed by atoms with Gasteiger partial charge in [0.25, 0.3) is 0 Å². The Kier molecular flexibility index (Phi) is 12.8. The first-order valence-electron chi connectivity index (χ1n) is 15.8. The van der Waals surface area contributed by atoms with Crippen molar-refractivity contribution in [1.29, 1.82) is 0 Å². The van der Waals surface area contributed by atoms with E-state index in [1.54, 1.807) is 0 Å². The number of hydrogen-bond acceptors (Lipinski definition) is 2. The lowest BCUT2D eigenvalue weighted by molar-refractivity contribution is 0.304. The molecule has 0 aliphatic carbocycles. The summed E-state index contributed by atoms with van der Waals surface area (Å²) >= 11 is 0. The Morgan fingerprint density at radius 2 is 0.923 bits per heavy atom. The molecule has 209 valence electrons. The smallest absolute Gasteiger partial charge is 0.131 e. The van der Waals surface area contributed by atoms with Gasteiger partial charge in [-0.2, -0.15) is 0 Å². The second-order valence-electron chi connectivity index (χ2n) is 11.1. The largest absolute Gasteiger partial charge is 0.494 e. The molecule has 2 heteroatoms. The van der Waals surface area contributed by atoms with Gasteiger partial charge in [0.2, 0.25) is 0 Å². The fourth-order valence-electron chi connectivity index (χ4n) is 5.66. The maximum Gasteiger partial charge on any atom is 0.131 e. The van der Waals surface area contributed by atoms with Crippen LogP contribution in [0.2, 0.25) is 0 Å². The molecule has 3 aromatic rings. The first-order chi connectivity index (χ1) is 19.4. The molecule has 0 aromatic heterocycles. The highest BCUT2D eigenvalue weighted by Crippen LogP contribution is 2.46. The van der Waals surface area contributed by atoms with Gasteiger partial charge in [0.1, 0.15) is 17.2 Å². The van der Waals surface area contributed by atoms with Crippen LogP contribution in [0.5, 0.6) is 17.2 Å². The zero-order valence-corrected chi connectivity index (χ0v) is 24.3. The van der Waals surface area contributed by atoms with E-state index >= 15 is 0 Å². The van der Waals surface area contributed by atoms with Crippen LogP contribution < -0.4 is 9.47 Å². The van der Waals surface area contributed by atoms with Crippen LogP contribution in [0.15, 0.2) is 72.8 Å². The lowest BCUT2D eigenvalue weighted by atomic mass is 9.83. The van der Waals surface area contributed by atoms with Crippen molar-refractivity contribution in [3.8, 4) is 17.2 Å². The van der Waals surface area contributed by atoms with Crippen molar-refractivity contribution in [2.45, 2.75) is 110 Å². The van der Waals surface area contributed by atoms with Gasteiger partial charge in [0.05, 0.1) is 12.5 Å². The topological polar surface area (TPSA) is 18.5 Å². The van der Waals surface area contributed by atoms with E-state index in [1.807, 2.05) is 24.3 Å². The normalized spacial score (nSPS) is 12.5. The second kappa shape index (κ2) is 17.1. The number of rotatable bonds is 19. The van der Waals surface area contributed by atoms with Crippen molar-refractivity contribution in [2.24, 2.45) is 0 Å². The number of fused-ring (bicyclic) bond motifs is 2. The number of hydrogen-bond donors (Lipinski definition) is 0. The molecule has 0 saturated carbocycles. The third-order valence-corrected chi connectivity index (χ3v) is 7.94. The monoisotopic (exact) mass is 525 g/mol. The summed E-state index contributed by atoms with van der Waals surface area (Å²) in [7, 11) is 0. The van der Waals surface area contributed by atoms with E-state index < -0.39 is 0 Å². The predicted octanol–water partition coefficient (Wildman–Crippen LogP) is 11.5. The lowest BCUT2D eigenvalue weighted by Gasteiger charge is -2.28. The Hall–Kier alpha value is -2.74. The Bertz CT molecular complexity index is 1030. The van der Waals surface area contributed by atoms with Crippen LogP contribution in [0.25, 0.3) is 0 Å². The van der Waals surface area contributed by atoms with Gasteiger partial charge in [-0.3, -0.25) is 0 Å². The number of benzene rings is 3. The second-order valence-corrected chi connectivity index (χ2v) is 11.1. The Balaban J connectivity index is 1.06.